The Morgan fingerprint density at radius 1 is 1.13 bits per heavy atom. The third-order valence-electron chi connectivity index (χ3n) is 3.23. The molecule has 0 saturated carbocycles. The van der Waals surface area contributed by atoms with Gasteiger partial charge in [-0.05, 0) is 36.9 Å². The number of carbonyl (C=O) groups excluding carboxylic acids is 1. The molecule has 23 heavy (non-hydrogen) atoms. The summed E-state index contributed by atoms with van der Waals surface area (Å²) in [4.78, 5) is 13.7. The van der Waals surface area contributed by atoms with Crippen molar-refractivity contribution in [1.82, 2.24) is 4.90 Å². The maximum atomic E-state index is 13.1. The summed E-state index contributed by atoms with van der Waals surface area (Å²) in [5.41, 5.74) is 1.26. The number of halogens is 2. The predicted octanol–water partition coefficient (Wildman–Crippen LogP) is 3.04. The second kappa shape index (κ2) is 7.69. The van der Waals surface area contributed by atoms with Crippen molar-refractivity contribution in [2.45, 2.75) is 6.54 Å². The molecule has 0 aliphatic rings. The SMILES string of the molecule is COc1ccc(CN(C)CC(=O)Nc2ccc(F)c(F)c2)cc1. The number of hydrogen-bond donors (Lipinski definition) is 1. The molecule has 122 valence electrons. The lowest BCUT2D eigenvalue weighted by Crippen LogP contribution is -2.29. The second-order valence-electron chi connectivity index (χ2n) is 5.20. The van der Waals surface area contributed by atoms with Crippen LogP contribution in [0.25, 0.3) is 0 Å². The van der Waals surface area contributed by atoms with Crippen LogP contribution in [-0.2, 0) is 11.3 Å². The molecule has 1 amide bonds. The third kappa shape index (κ3) is 5.03. The van der Waals surface area contributed by atoms with Crippen LogP contribution in [0.4, 0.5) is 14.5 Å². The van der Waals surface area contributed by atoms with Gasteiger partial charge in [0.05, 0.1) is 13.7 Å². The Bertz CT molecular complexity index is 675. The quantitative estimate of drug-likeness (QED) is 0.889. The van der Waals surface area contributed by atoms with Gasteiger partial charge in [-0.25, -0.2) is 8.78 Å². The average Bonchev–Trinajstić information content (AvgIpc) is 2.51. The van der Waals surface area contributed by atoms with E-state index in [1.807, 2.05) is 29.2 Å². The Morgan fingerprint density at radius 2 is 1.83 bits per heavy atom. The summed E-state index contributed by atoms with van der Waals surface area (Å²) in [6.45, 7) is 0.709. The summed E-state index contributed by atoms with van der Waals surface area (Å²) in [6, 6.07) is 10.8. The van der Waals surface area contributed by atoms with Gasteiger partial charge in [0.15, 0.2) is 11.6 Å². The average molecular weight is 320 g/mol. The highest BCUT2D eigenvalue weighted by Crippen LogP contribution is 2.14. The summed E-state index contributed by atoms with van der Waals surface area (Å²) in [5.74, 6) is -1.46. The molecule has 0 atom stereocenters. The van der Waals surface area contributed by atoms with E-state index in [2.05, 4.69) is 5.32 Å². The molecule has 2 rings (SSSR count). The van der Waals surface area contributed by atoms with Crippen LogP contribution in [0.1, 0.15) is 5.56 Å². The topological polar surface area (TPSA) is 41.6 Å². The molecule has 0 aliphatic carbocycles. The number of amides is 1. The fraction of sp³-hybridized carbons (Fsp3) is 0.235. The fourth-order valence-corrected chi connectivity index (χ4v) is 2.12. The zero-order valence-electron chi connectivity index (χ0n) is 13.0. The molecule has 0 aromatic heterocycles. The Labute approximate surface area is 133 Å². The molecule has 0 heterocycles. The van der Waals surface area contributed by atoms with Gasteiger partial charge in [0.25, 0.3) is 0 Å². The zero-order valence-corrected chi connectivity index (χ0v) is 13.0. The van der Waals surface area contributed by atoms with Crippen LogP contribution in [0.15, 0.2) is 42.5 Å². The van der Waals surface area contributed by atoms with Gasteiger partial charge in [0, 0.05) is 18.3 Å². The van der Waals surface area contributed by atoms with Gasteiger partial charge in [-0.2, -0.15) is 0 Å². The van der Waals surface area contributed by atoms with Crippen molar-refractivity contribution in [2.24, 2.45) is 0 Å². The van der Waals surface area contributed by atoms with Crippen LogP contribution in [0.3, 0.4) is 0 Å². The van der Waals surface area contributed by atoms with Crippen LogP contribution in [0.5, 0.6) is 5.75 Å². The fourth-order valence-electron chi connectivity index (χ4n) is 2.12. The highest BCUT2D eigenvalue weighted by molar-refractivity contribution is 5.92. The van der Waals surface area contributed by atoms with Gasteiger partial charge in [-0.3, -0.25) is 9.69 Å². The first-order valence-corrected chi connectivity index (χ1v) is 7.04. The number of hydrogen-bond acceptors (Lipinski definition) is 3. The summed E-state index contributed by atoms with van der Waals surface area (Å²) in [7, 11) is 3.40. The lowest BCUT2D eigenvalue weighted by molar-refractivity contribution is -0.117. The normalized spacial score (nSPS) is 10.7. The molecule has 0 fully saturated rings. The molecule has 0 saturated heterocycles. The number of ether oxygens (including phenoxy) is 1. The van der Waals surface area contributed by atoms with Gasteiger partial charge in [-0.1, -0.05) is 12.1 Å². The van der Waals surface area contributed by atoms with Crippen molar-refractivity contribution >= 4 is 11.6 Å². The molecule has 0 bridgehead atoms. The molecule has 0 unspecified atom stereocenters. The van der Waals surface area contributed by atoms with Crippen LogP contribution in [0.2, 0.25) is 0 Å². The smallest absolute Gasteiger partial charge is 0.238 e. The number of rotatable bonds is 6. The maximum absolute atomic E-state index is 13.1. The molecule has 6 heteroatoms. The van der Waals surface area contributed by atoms with E-state index in [0.717, 1.165) is 23.4 Å². The predicted molar refractivity (Wildman–Crippen MR) is 84.3 cm³/mol. The molecule has 0 radical (unpaired) electrons. The van der Waals surface area contributed by atoms with Crippen molar-refractivity contribution in [3.8, 4) is 5.75 Å². The Balaban J connectivity index is 1.87. The molecular formula is C17H18F2N2O2. The first-order chi connectivity index (χ1) is 11.0. The van der Waals surface area contributed by atoms with E-state index in [4.69, 9.17) is 4.74 Å². The third-order valence-corrected chi connectivity index (χ3v) is 3.23. The molecule has 2 aromatic rings. The Morgan fingerprint density at radius 3 is 2.43 bits per heavy atom. The summed E-state index contributed by atoms with van der Waals surface area (Å²) >= 11 is 0. The minimum Gasteiger partial charge on any atom is -0.497 e. The van der Waals surface area contributed by atoms with E-state index in [0.29, 0.717) is 6.54 Å². The van der Waals surface area contributed by atoms with E-state index in [9.17, 15) is 13.6 Å². The molecule has 4 nitrogen and oxygen atoms in total. The van der Waals surface area contributed by atoms with Gasteiger partial charge in [0.2, 0.25) is 5.91 Å². The van der Waals surface area contributed by atoms with Crippen LogP contribution in [-0.4, -0.2) is 31.5 Å². The Hall–Kier alpha value is -2.47. The second-order valence-corrected chi connectivity index (χ2v) is 5.20. The molecule has 2 aromatic carbocycles. The maximum Gasteiger partial charge on any atom is 0.238 e. The molecule has 0 aliphatic heterocycles. The minimum absolute atomic E-state index is 0.130. The van der Waals surface area contributed by atoms with Crippen molar-refractivity contribution in [3.63, 3.8) is 0 Å². The highest BCUT2D eigenvalue weighted by atomic mass is 19.2. The van der Waals surface area contributed by atoms with Crippen molar-refractivity contribution < 1.29 is 18.3 Å². The van der Waals surface area contributed by atoms with Gasteiger partial charge >= 0.3 is 0 Å². The zero-order chi connectivity index (χ0) is 16.8. The van der Waals surface area contributed by atoms with E-state index in [1.54, 1.807) is 14.2 Å². The number of likely N-dealkylation sites (N-methyl/N-ethyl adjacent to an activating group) is 1. The van der Waals surface area contributed by atoms with Crippen molar-refractivity contribution in [2.75, 3.05) is 26.0 Å². The highest BCUT2D eigenvalue weighted by Gasteiger charge is 2.09. The van der Waals surface area contributed by atoms with Crippen LogP contribution >= 0.6 is 0 Å². The molecule has 1 N–H and O–H groups in total. The van der Waals surface area contributed by atoms with Gasteiger partial charge in [-0.15, -0.1) is 0 Å². The van der Waals surface area contributed by atoms with E-state index < -0.39 is 11.6 Å². The number of methoxy groups -OCH3 is 1. The number of nitrogens with one attached hydrogen (secondary N) is 1. The monoisotopic (exact) mass is 320 g/mol. The first-order valence-electron chi connectivity index (χ1n) is 7.04. The largest absolute Gasteiger partial charge is 0.497 e. The van der Waals surface area contributed by atoms with Crippen molar-refractivity contribution in [1.29, 1.82) is 0 Å². The lowest BCUT2D eigenvalue weighted by Gasteiger charge is -2.16. The number of benzene rings is 2. The van der Waals surface area contributed by atoms with E-state index in [-0.39, 0.29) is 18.1 Å². The van der Waals surface area contributed by atoms with Gasteiger partial charge < -0.3 is 10.1 Å². The number of nitrogens with zero attached hydrogens (tertiary/aromatic N) is 1. The summed E-state index contributed by atoms with van der Waals surface area (Å²) in [6.07, 6.45) is 0. The van der Waals surface area contributed by atoms with Crippen LogP contribution in [0, 0.1) is 11.6 Å². The molecule has 0 spiro atoms. The van der Waals surface area contributed by atoms with Crippen LogP contribution < -0.4 is 10.1 Å². The minimum atomic E-state index is -0.991. The number of carbonyl (C=O) groups is 1. The molecular weight excluding hydrogens is 302 g/mol. The standard InChI is InChI=1S/C17H18F2N2O2/c1-21(10-12-3-6-14(23-2)7-4-12)11-17(22)20-13-5-8-15(18)16(19)9-13/h3-9H,10-11H2,1-2H3,(H,20,22). The summed E-state index contributed by atoms with van der Waals surface area (Å²) < 4.78 is 31.0. The first kappa shape index (κ1) is 16.9. The Kier molecular flexibility index (Phi) is 5.65. The number of anilines is 1. The van der Waals surface area contributed by atoms with Gasteiger partial charge in [0.1, 0.15) is 5.75 Å². The lowest BCUT2D eigenvalue weighted by atomic mass is 10.2. The van der Waals surface area contributed by atoms with E-state index >= 15 is 0 Å². The summed E-state index contributed by atoms with van der Waals surface area (Å²) in [5, 5.41) is 2.54. The van der Waals surface area contributed by atoms with E-state index in [1.165, 1.54) is 6.07 Å². The van der Waals surface area contributed by atoms with Crippen molar-refractivity contribution in [3.05, 3.63) is 59.7 Å².